The lowest BCUT2D eigenvalue weighted by molar-refractivity contribution is -0.149. The number of hydrogen-bond acceptors (Lipinski definition) is 4. The Labute approximate surface area is 111 Å². The smallest absolute Gasteiger partial charge is 0.327 e. The van der Waals surface area contributed by atoms with Crippen molar-refractivity contribution in [3.8, 4) is 12.3 Å². The lowest BCUT2D eigenvalue weighted by Gasteiger charge is -2.29. The van der Waals surface area contributed by atoms with Crippen molar-refractivity contribution < 1.29 is 14.7 Å². The van der Waals surface area contributed by atoms with Crippen molar-refractivity contribution in [3.05, 3.63) is 0 Å². The SMILES string of the molecule is C#CCNCC(=O)N1C(C(=O)O)CSC1C(C)C. The predicted octanol–water partition coefficient (Wildman–Crippen LogP) is 0.220. The van der Waals surface area contributed by atoms with Gasteiger partial charge in [0.25, 0.3) is 0 Å². The molecular formula is C12H18N2O3S. The summed E-state index contributed by atoms with van der Waals surface area (Å²) >= 11 is 1.52. The zero-order chi connectivity index (χ0) is 13.7. The minimum Gasteiger partial charge on any atom is -0.480 e. The highest BCUT2D eigenvalue weighted by Crippen LogP contribution is 2.33. The summed E-state index contributed by atoms with van der Waals surface area (Å²) in [5.74, 6) is 1.88. The molecule has 1 amide bonds. The number of amides is 1. The number of terminal acetylenes is 1. The number of nitrogens with zero attached hydrogens (tertiary/aromatic N) is 1. The normalized spacial score (nSPS) is 23.1. The highest BCUT2D eigenvalue weighted by atomic mass is 32.2. The Kier molecular flexibility index (Phi) is 5.51. The second-order valence-corrected chi connectivity index (χ2v) is 5.58. The molecule has 0 aromatic carbocycles. The monoisotopic (exact) mass is 270 g/mol. The van der Waals surface area contributed by atoms with Crippen molar-refractivity contribution in [2.45, 2.75) is 25.3 Å². The van der Waals surface area contributed by atoms with Gasteiger partial charge in [0.05, 0.1) is 18.5 Å². The Morgan fingerprint density at radius 2 is 2.28 bits per heavy atom. The van der Waals surface area contributed by atoms with Gasteiger partial charge in [0.2, 0.25) is 5.91 Å². The third kappa shape index (κ3) is 3.40. The van der Waals surface area contributed by atoms with Crippen LogP contribution in [0.2, 0.25) is 0 Å². The third-order valence-electron chi connectivity index (χ3n) is 2.68. The first-order valence-electron chi connectivity index (χ1n) is 5.78. The summed E-state index contributed by atoms with van der Waals surface area (Å²) < 4.78 is 0. The molecule has 0 radical (unpaired) electrons. The molecule has 1 saturated heterocycles. The van der Waals surface area contributed by atoms with E-state index in [0.29, 0.717) is 12.3 Å². The van der Waals surface area contributed by atoms with E-state index in [4.69, 9.17) is 11.5 Å². The quantitative estimate of drug-likeness (QED) is 0.552. The summed E-state index contributed by atoms with van der Waals surface area (Å²) in [5.41, 5.74) is 0. The van der Waals surface area contributed by atoms with Gasteiger partial charge in [0.15, 0.2) is 0 Å². The summed E-state index contributed by atoms with van der Waals surface area (Å²) in [6.07, 6.45) is 5.08. The standard InChI is InChI=1S/C12H18N2O3S/c1-4-5-13-6-10(15)14-9(12(16)17)7-18-11(14)8(2)3/h1,8-9,11,13H,5-7H2,2-3H3,(H,16,17). The van der Waals surface area contributed by atoms with E-state index < -0.39 is 12.0 Å². The predicted molar refractivity (Wildman–Crippen MR) is 71.1 cm³/mol. The molecule has 2 N–H and O–H groups in total. The molecule has 0 aromatic heterocycles. The fourth-order valence-corrected chi connectivity index (χ4v) is 3.37. The molecule has 100 valence electrons. The number of nitrogens with one attached hydrogen (secondary N) is 1. The van der Waals surface area contributed by atoms with Crippen molar-refractivity contribution in [1.82, 2.24) is 10.2 Å². The van der Waals surface area contributed by atoms with E-state index >= 15 is 0 Å². The van der Waals surface area contributed by atoms with E-state index in [2.05, 4.69) is 11.2 Å². The van der Waals surface area contributed by atoms with E-state index in [-0.39, 0.29) is 23.7 Å². The first-order valence-corrected chi connectivity index (χ1v) is 6.83. The van der Waals surface area contributed by atoms with Crippen LogP contribution in [-0.4, -0.2) is 52.1 Å². The third-order valence-corrected chi connectivity index (χ3v) is 4.30. The van der Waals surface area contributed by atoms with Gasteiger partial charge in [0, 0.05) is 5.75 Å². The number of carboxylic acids is 1. The van der Waals surface area contributed by atoms with Crippen LogP contribution in [-0.2, 0) is 9.59 Å². The van der Waals surface area contributed by atoms with Crippen LogP contribution in [0.25, 0.3) is 0 Å². The van der Waals surface area contributed by atoms with Crippen molar-refractivity contribution in [1.29, 1.82) is 0 Å². The molecule has 1 fully saturated rings. The molecule has 1 aliphatic heterocycles. The molecular weight excluding hydrogens is 252 g/mol. The molecule has 1 heterocycles. The lowest BCUT2D eigenvalue weighted by atomic mass is 10.1. The zero-order valence-electron chi connectivity index (χ0n) is 10.5. The van der Waals surface area contributed by atoms with Gasteiger partial charge < -0.3 is 10.0 Å². The average Bonchev–Trinajstić information content (AvgIpc) is 2.73. The van der Waals surface area contributed by atoms with Gasteiger partial charge >= 0.3 is 5.97 Å². The summed E-state index contributed by atoms with van der Waals surface area (Å²) in [4.78, 5) is 24.7. The maximum Gasteiger partial charge on any atom is 0.327 e. The Hall–Kier alpha value is -1.19. The van der Waals surface area contributed by atoms with Gasteiger partial charge in [-0.25, -0.2) is 4.79 Å². The van der Waals surface area contributed by atoms with Crippen molar-refractivity contribution >= 4 is 23.6 Å². The van der Waals surface area contributed by atoms with Gasteiger partial charge in [-0.1, -0.05) is 19.8 Å². The molecule has 0 aromatic rings. The number of rotatable bonds is 5. The molecule has 6 heteroatoms. The van der Waals surface area contributed by atoms with Crippen LogP contribution in [0.4, 0.5) is 0 Å². The van der Waals surface area contributed by atoms with Crippen LogP contribution >= 0.6 is 11.8 Å². The van der Waals surface area contributed by atoms with E-state index in [1.807, 2.05) is 13.8 Å². The lowest BCUT2D eigenvalue weighted by Crippen LogP contribution is -2.50. The number of carbonyl (C=O) groups is 2. The summed E-state index contributed by atoms with van der Waals surface area (Å²) in [6.45, 7) is 4.35. The van der Waals surface area contributed by atoms with Crippen LogP contribution in [0.1, 0.15) is 13.8 Å². The average molecular weight is 270 g/mol. The Morgan fingerprint density at radius 1 is 1.61 bits per heavy atom. The minimum absolute atomic E-state index is 0.0776. The van der Waals surface area contributed by atoms with Gasteiger partial charge in [-0.3, -0.25) is 10.1 Å². The molecule has 1 rings (SSSR count). The van der Waals surface area contributed by atoms with Gasteiger partial charge in [-0.15, -0.1) is 18.2 Å². The molecule has 0 spiro atoms. The number of carbonyl (C=O) groups excluding carboxylic acids is 1. The highest BCUT2D eigenvalue weighted by Gasteiger charge is 2.42. The van der Waals surface area contributed by atoms with Crippen molar-refractivity contribution in [2.24, 2.45) is 5.92 Å². The van der Waals surface area contributed by atoms with Crippen LogP contribution < -0.4 is 5.32 Å². The fraction of sp³-hybridized carbons (Fsp3) is 0.667. The molecule has 2 atom stereocenters. The first-order chi connectivity index (χ1) is 8.49. The second-order valence-electron chi connectivity index (χ2n) is 4.43. The van der Waals surface area contributed by atoms with Crippen molar-refractivity contribution in [2.75, 3.05) is 18.8 Å². The molecule has 5 nitrogen and oxygen atoms in total. The van der Waals surface area contributed by atoms with E-state index in [0.717, 1.165) is 0 Å². The van der Waals surface area contributed by atoms with E-state index in [1.165, 1.54) is 16.7 Å². The Balaban J connectivity index is 2.73. The molecule has 0 aliphatic carbocycles. The number of hydrogen-bond donors (Lipinski definition) is 2. The number of thioether (sulfide) groups is 1. The molecule has 0 bridgehead atoms. The van der Waals surface area contributed by atoms with Crippen LogP contribution in [0.3, 0.4) is 0 Å². The van der Waals surface area contributed by atoms with Crippen molar-refractivity contribution in [3.63, 3.8) is 0 Å². The number of aliphatic carboxylic acids is 1. The van der Waals surface area contributed by atoms with E-state index in [9.17, 15) is 9.59 Å². The van der Waals surface area contributed by atoms with Crippen LogP contribution in [0.5, 0.6) is 0 Å². The van der Waals surface area contributed by atoms with Gasteiger partial charge in [-0.2, -0.15) is 0 Å². The fourth-order valence-electron chi connectivity index (χ4n) is 1.88. The maximum absolute atomic E-state index is 12.1. The Morgan fingerprint density at radius 3 is 2.78 bits per heavy atom. The topological polar surface area (TPSA) is 69.6 Å². The van der Waals surface area contributed by atoms with Gasteiger partial charge in [0.1, 0.15) is 6.04 Å². The summed E-state index contributed by atoms with van der Waals surface area (Å²) in [5, 5.41) is 11.9. The highest BCUT2D eigenvalue weighted by molar-refractivity contribution is 8.00. The first kappa shape index (κ1) is 14.9. The van der Waals surface area contributed by atoms with E-state index in [1.54, 1.807) is 0 Å². The number of carboxylic acid groups (broad SMARTS) is 1. The summed E-state index contributed by atoms with van der Waals surface area (Å²) in [7, 11) is 0. The van der Waals surface area contributed by atoms with Gasteiger partial charge in [-0.05, 0) is 5.92 Å². The molecule has 1 aliphatic rings. The minimum atomic E-state index is -0.948. The molecule has 2 unspecified atom stereocenters. The Bertz CT molecular complexity index is 365. The summed E-state index contributed by atoms with van der Waals surface area (Å²) in [6, 6.07) is -0.734. The molecule has 18 heavy (non-hydrogen) atoms. The second kappa shape index (κ2) is 6.66. The van der Waals surface area contributed by atoms with Crippen LogP contribution in [0, 0.1) is 18.3 Å². The van der Waals surface area contributed by atoms with Crippen LogP contribution in [0.15, 0.2) is 0 Å². The molecule has 0 saturated carbocycles. The zero-order valence-corrected chi connectivity index (χ0v) is 11.4. The largest absolute Gasteiger partial charge is 0.480 e. The maximum atomic E-state index is 12.1.